The standard InChI is InChI=1S/C13H18N4O2S2/c1-3-14-13(20)17(6-7-18-2)9-11-15-16-12(19-11)10-5-4-8-21-10/h4-5,8H,3,6-7,9H2,1-2H3,(H,14,20). The van der Waals surface area contributed by atoms with Crippen LogP contribution in [0.15, 0.2) is 21.9 Å². The van der Waals surface area contributed by atoms with E-state index in [0.717, 1.165) is 11.4 Å². The second-order valence-electron chi connectivity index (χ2n) is 4.23. The molecule has 0 atom stereocenters. The molecule has 2 rings (SSSR count). The molecule has 2 heterocycles. The van der Waals surface area contributed by atoms with E-state index >= 15 is 0 Å². The highest BCUT2D eigenvalue weighted by atomic mass is 32.1. The number of thiocarbonyl (C=S) groups is 1. The van der Waals surface area contributed by atoms with Crippen LogP contribution < -0.4 is 5.32 Å². The number of rotatable bonds is 7. The van der Waals surface area contributed by atoms with Crippen molar-refractivity contribution in [1.29, 1.82) is 0 Å². The first kappa shape index (κ1) is 15.9. The molecule has 114 valence electrons. The van der Waals surface area contributed by atoms with E-state index in [4.69, 9.17) is 21.4 Å². The fourth-order valence-electron chi connectivity index (χ4n) is 1.70. The molecule has 1 N–H and O–H groups in total. The van der Waals surface area contributed by atoms with Crippen molar-refractivity contribution in [3.63, 3.8) is 0 Å². The van der Waals surface area contributed by atoms with Crippen LogP contribution in [0.3, 0.4) is 0 Å². The van der Waals surface area contributed by atoms with Gasteiger partial charge in [-0.25, -0.2) is 0 Å². The van der Waals surface area contributed by atoms with Crippen molar-refractivity contribution in [3.8, 4) is 10.8 Å². The molecular formula is C13H18N4O2S2. The van der Waals surface area contributed by atoms with Gasteiger partial charge in [0.05, 0.1) is 18.0 Å². The Labute approximate surface area is 133 Å². The molecule has 2 aromatic rings. The maximum atomic E-state index is 5.69. The number of hydrogen-bond acceptors (Lipinski definition) is 6. The number of ether oxygens (including phenoxy) is 1. The van der Waals surface area contributed by atoms with Crippen LogP contribution in [-0.4, -0.2) is 47.0 Å². The van der Waals surface area contributed by atoms with Crippen LogP contribution in [0.5, 0.6) is 0 Å². The molecule has 0 saturated carbocycles. The van der Waals surface area contributed by atoms with Gasteiger partial charge in [0.15, 0.2) is 5.11 Å². The van der Waals surface area contributed by atoms with Gasteiger partial charge in [-0.2, -0.15) is 0 Å². The molecule has 0 fully saturated rings. The molecule has 0 aliphatic heterocycles. The molecule has 0 bridgehead atoms. The van der Waals surface area contributed by atoms with Gasteiger partial charge >= 0.3 is 0 Å². The minimum atomic E-state index is 0.466. The molecule has 2 aromatic heterocycles. The summed E-state index contributed by atoms with van der Waals surface area (Å²) >= 11 is 6.91. The molecule has 6 nitrogen and oxygen atoms in total. The normalized spacial score (nSPS) is 10.6. The van der Waals surface area contributed by atoms with Gasteiger partial charge in [-0.15, -0.1) is 21.5 Å². The number of nitrogens with zero attached hydrogens (tertiary/aromatic N) is 3. The van der Waals surface area contributed by atoms with Crippen LogP contribution in [0.4, 0.5) is 0 Å². The smallest absolute Gasteiger partial charge is 0.257 e. The van der Waals surface area contributed by atoms with E-state index in [2.05, 4.69) is 15.5 Å². The number of methoxy groups -OCH3 is 1. The van der Waals surface area contributed by atoms with E-state index in [9.17, 15) is 0 Å². The van der Waals surface area contributed by atoms with E-state index in [-0.39, 0.29) is 0 Å². The Hall–Kier alpha value is -1.51. The summed E-state index contributed by atoms with van der Waals surface area (Å²) in [5, 5.41) is 13.9. The molecule has 21 heavy (non-hydrogen) atoms. The van der Waals surface area contributed by atoms with Crippen LogP contribution >= 0.6 is 23.6 Å². The zero-order chi connectivity index (χ0) is 15.1. The maximum Gasteiger partial charge on any atom is 0.257 e. The van der Waals surface area contributed by atoms with Gasteiger partial charge in [0.2, 0.25) is 5.89 Å². The van der Waals surface area contributed by atoms with Crippen molar-refractivity contribution >= 4 is 28.7 Å². The van der Waals surface area contributed by atoms with Gasteiger partial charge in [0, 0.05) is 20.2 Å². The fraction of sp³-hybridized carbons (Fsp3) is 0.462. The lowest BCUT2D eigenvalue weighted by molar-refractivity contribution is 0.170. The third kappa shape index (κ3) is 4.48. The average Bonchev–Trinajstić information content (AvgIpc) is 3.14. The van der Waals surface area contributed by atoms with Gasteiger partial charge in [-0.05, 0) is 30.6 Å². The first-order valence-corrected chi connectivity index (χ1v) is 7.91. The summed E-state index contributed by atoms with van der Waals surface area (Å²) in [5.74, 6) is 1.08. The van der Waals surface area contributed by atoms with Gasteiger partial charge in [0.1, 0.15) is 0 Å². The second-order valence-corrected chi connectivity index (χ2v) is 5.56. The van der Waals surface area contributed by atoms with E-state index in [1.54, 1.807) is 18.4 Å². The lowest BCUT2D eigenvalue weighted by Crippen LogP contribution is -2.41. The number of hydrogen-bond donors (Lipinski definition) is 1. The summed E-state index contributed by atoms with van der Waals surface area (Å²) in [6.45, 7) is 4.49. The van der Waals surface area contributed by atoms with Crippen molar-refractivity contribution in [3.05, 3.63) is 23.4 Å². The molecule has 0 radical (unpaired) electrons. The van der Waals surface area contributed by atoms with Crippen molar-refractivity contribution in [2.45, 2.75) is 13.5 Å². The maximum absolute atomic E-state index is 5.69. The summed E-state index contributed by atoms with van der Waals surface area (Å²) in [6, 6.07) is 3.91. The molecule has 0 spiro atoms. The van der Waals surface area contributed by atoms with Crippen LogP contribution in [0, 0.1) is 0 Å². The Kier molecular flexibility index (Phi) is 6.09. The zero-order valence-corrected chi connectivity index (χ0v) is 13.7. The lowest BCUT2D eigenvalue weighted by Gasteiger charge is -2.23. The van der Waals surface area contributed by atoms with Crippen LogP contribution in [0.2, 0.25) is 0 Å². The summed E-state index contributed by atoms with van der Waals surface area (Å²) in [6.07, 6.45) is 0. The molecule has 0 saturated heterocycles. The summed E-state index contributed by atoms with van der Waals surface area (Å²) < 4.78 is 10.8. The minimum Gasteiger partial charge on any atom is -0.418 e. The van der Waals surface area contributed by atoms with E-state index in [1.165, 1.54) is 0 Å². The number of thiophene rings is 1. The Morgan fingerprint density at radius 2 is 2.38 bits per heavy atom. The highest BCUT2D eigenvalue weighted by molar-refractivity contribution is 7.80. The average molecular weight is 326 g/mol. The Balaban J connectivity index is 2.03. The molecule has 8 heteroatoms. The lowest BCUT2D eigenvalue weighted by atomic mass is 10.5. The van der Waals surface area contributed by atoms with Crippen LogP contribution in [0.1, 0.15) is 12.8 Å². The fourth-order valence-corrected chi connectivity index (χ4v) is 2.64. The van der Waals surface area contributed by atoms with Crippen molar-refractivity contribution in [1.82, 2.24) is 20.4 Å². The van der Waals surface area contributed by atoms with Crippen LogP contribution in [-0.2, 0) is 11.3 Å². The Morgan fingerprint density at radius 1 is 1.52 bits per heavy atom. The molecule has 0 unspecified atom stereocenters. The quantitative estimate of drug-likeness (QED) is 0.782. The molecule has 0 aliphatic carbocycles. The van der Waals surface area contributed by atoms with E-state index in [1.807, 2.05) is 29.3 Å². The van der Waals surface area contributed by atoms with Crippen molar-refractivity contribution in [2.24, 2.45) is 0 Å². The first-order valence-electron chi connectivity index (χ1n) is 6.62. The van der Waals surface area contributed by atoms with Gasteiger partial charge in [-0.3, -0.25) is 0 Å². The van der Waals surface area contributed by atoms with Gasteiger partial charge < -0.3 is 19.4 Å². The molecule has 0 amide bonds. The van der Waals surface area contributed by atoms with Crippen molar-refractivity contribution in [2.75, 3.05) is 26.8 Å². The van der Waals surface area contributed by atoms with E-state index in [0.29, 0.717) is 36.6 Å². The monoisotopic (exact) mass is 326 g/mol. The van der Waals surface area contributed by atoms with Crippen LogP contribution in [0.25, 0.3) is 10.8 Å². The predicted molar refractivity (Wildman–Crippen MR) is 86.2 cm³/mol. The Morgan fingerprint density at radius 3 is 3.05 bits per heavy atom. The Bertz CT molecular complexity index is 556. The van der Waals surface area contributed by atoms with E-state index < -0.39 is 0 Å². The molecular weight excluding hydrogens is 308 g/mol. The largest absolute Gasteiger partial charge is 0.418 e. The third-order valence-electron chi connectivity index (χ3n) is 2.71. The van der Waals surface area contributed by atoms with Gasteiger partial charge in [0.25, 0.3) is 5.89 Å². The highest BCUT2D eigenvalue weighted by Crippen LogP contribution is 2.23. The second kappa shape index (κ2) is 8.06. The predicted octanol–water partition coefficient (Wildman–Crippen LogP) is 2.14. The van der Waals surface area contributed by atoms with Crippen molar-refractivity contribution < 1.29 is 9.15 Å². The minimum absolute atomic E-state index is 0.466. The number of nitrogens with one attached hydrogen (secondary N) is 1. The number of aromatic nitrogens is 2. The van der Waals surface area contributed by atoms with Gasteiger partial charge in [-0.1, -0.05) is 6.07 Å². The third-order valence-corrected chi connectivity index (χ3v) is 3.97. The first-order chi connectivity index (χ1) is 10.2. The molecule has 0 aromatic carbocycles. The molecule has 0 aliphatic rings. The SMILES string of the molecule is CCNC(=S)N(CCOC)Cc1nnc(-c2cccs2)o1. The zero-order valence-electron chi connectivity index (χ0n) is 12.0. The summed E-state index contributed by atoms with van der Waals surface area (Å²) in [7, 11) is 1.66. The topological polar surface area (TPSA) is 63.4 Å². The highest BCUT2D eigenvalue weighted by Gasteiger charge is 2.15. The summed E-state index contributed by atoms with van der Waals surface area (Å²) in [4.78, 5) is 2.92. The summed E-state index contributed by atoms with van der Waals surface area (Å²) in [5.41, 5.74) is 0.